The minimum Gasteiger partial charge on any atom is -0.506 e. The van der Waals surface area contributed by atoms with Crippen LogP contribution in [0.5, 0.6) is 11.5 Å². The lowest BCUT2D eigenvalue weighted by atomic mass is 9.96. The van der Waals surface area contributed by atoms with Gasteiger partial charge in [0.05, 0.1) is 30.6 Å². The van der Waals surface area contributed by atoms with Crippen molar-refractivity contribution >= 4 is 34.6 Å². The molecule has 4 aromatic rings. The van der Waals surface area contributed by atoms with Crippen LogP contribution in [0.15, 0.2) is 72.9 Å². The first-order valence-corrected chi connectivity index (χ1v) is 12.0. The number of phenols is 1. The summed E-state index contributed by atoms with van der Waals surface area (Å²) >= 11 is 12.1. The number of methoxy groups -OCH3 is 1. The number of anilines is 1. The molecule has 0 aliphatic carbocycles. The smallest absolute Gasteiger partial charge is 0.174 e. The molecule has 2 atom stereocenters. The molecule has 35 heavy (non-hydrogen) atoms. The molecular weight excluding hydrogens is 480 g/mol. The Morgan fingerprint density at radius 1 is 1.06 bits per heavy atom. The first-order valence-electron chi connectivity index (χ1n) is 11.2. The van der Waals surface area contributed by atoms with Crippen molar-refractivity contribution in [2.75, 3.05) is 12.0 Å². The van der Waals surface area contributed by atoms with E-state index in [9.17, 15) is 5.11 Å². The second-order valence-corrected chi connectivity index (χ2v) is 9.31. The van der Waals surface area contributed by atoms with E-state index in [0.717, 1.165) is 34.1 Å². The van der Waals surface area contributed by atoms with E-state index in [4.69, 9.17) is 28.6 Å². The topological polar surface area (TPSA) is 62.5 Å². The summed E-state index contributed by atoms with van der Waals surface area (Å²) < 4.78 is 7.54. The maximum absolute atomic E-state index is 10.8. The number of hydrogen-bond acceptors (Lipinski definition) is 4. The van der Waals surface area contributed by atoms with Crippen molar-refractivity contribution in [3.05, 3.63) is 101 Å². The van der Waals surface area contributed by atoms with Crippen LogP contribution in [-0.4, -0.2) is 26.9 Å². The van der Waals surface area contributed by atoms with Crippen molar-refractivity contribution in [2.45, 2.75) is 25.9 Å². The Balaban J connectivity index is 1.68. The molecule has 8 heteroatoms. The number of aromatic nitrogens is 2. The summed E-state index contributed by atoms with van der Waals surface area (Å²) in [6.07, 6.45) is 1.78. The number of nitrogens with zero attached hydrogens (tertiary/aromatic N) is 3. The van der Waals surface area contributed by atoms with Crippen molar-refractivity contribution in [2.24, 2.45) is 0 Å². The molecule has 1 fully saturated rings. The predicted octanol–water partition coefficient (Wildman–Crippen LogP) is 6.03. The van der Waals surface area contributed by atoms with Crippen molar-refractivity contribution in [1.82, 2.24) is 14.9 Å². The molecule has 0 amide bonds. The van der Waals surface area contributed by atoms with Gasteiger partial charge in [-0.3, -0.25) is 4.98 Å². The number of hydrogen-bond donors (Lipinski definition) is 2. The molecule has 0 bridgehead atoms. The fourth-order valence-corrected chi connectivity index (χ4v) is 5.34. The van der Waals surface area contributed by atoms with Crippen molar-refractivity contribution in [3.63, 3.8) is 0 Å². The minimum atomic E-state index is -0.264. The summed E-state index contributed by atoms with van der Waals surface area (Å²) in [7, 11) is 1.66. The van der Waals surface area contributed by atoms with Gasteiger partial charge in [-0.15, -0.1) is 0 Å². The molecule has 0 radical (unpaired) electrons. The van der Waals surface area contributed by atoms with Gasteiger partial charge < -0.3 is 24.6 Å². The van der Waals surface area contributed by atoms with Gasteiger partial charge in [-0.05, 0) is 92.3 Å². The molecule has 5 rings (SSSR count). The van der Waals surface area contributed by atoms with Gasteiger partial charge in [-0.2, -0.15) is 0 Å². The van der Waals surface area contributed by atoms with Crippen LogP contribution in [0.25, 0.3) is 5.69 Å². The standard InChI is InChI=1S/C27H25ClN4O2S/c1-16-14-21(17(2)31(16)19-8-10-20(34-3)11-9-19)26-25(22-6-4-5-13-29-22)30-27(35)32(26)23-15-18(28)7-12-24(23)33/h4-15,25-26,33H,1-3H3,(H,30,35). The van der Waals surface area contributed by atoms with Gasteiger partial charge in [-0.25, -0.2) is 0 Å². The molecule has 2 aromatic carbocycles. The highest BCUT2D eigenvalue weighted by atomic mass is 35.5. The molecular formula is C27H25ClN4O2S. The Hall–Kier alpha value is -3.55. The summed E-state index contributed by atoms with van der Waals surface area (Å²) in [5.41, 5.74) is 5.66. The summed E-state index contributed by atoms with van der Waals surface area (Å²) in [6.45, 7) is 4.18. The van der Waals surface area contributed by atoms with Crippen LogP contribution in [-0.2, 0) is 0 Å². The number of thiocarbonyl (C=S) groups is 1. The SMILES string of the molecule is COc1ccc(-n2c(C)cc(C3C(c4ccccn4)NC(=S)N3c3cc(Cl)ccc3O)c2C)cc1. The number of phenolic OH excluding ortho intramolecular Hbond substituents is 1. The van der Waals surface area contributed by atoms with Gasteiger partial charge in [-0.1, -0.05) is 17.7 Å². The Kier molecular flexibility index (Phi) is 6.13. The van der Waals surface area contributed by atoms with Gasteiger partial charge in [0.2, 0.25) is 0 Å². The molecule has 2 aromatic heterocycles. The third kappa shape index (κ3) is 4.11. The minimum absolute atomic E-state index is 0.106. The lowest BCUT2D eigenvalue weighted by Gasteiger charge is -2.28. The first-order chi connectivity index (χ1) is 16.9. The second kappa shape index (κ2) is 9.24. The van der Waals surface area contributed by atoms with E-state index in [2.05, 4.69) is 34.8 Å². The summed E-state index contributed by atoms with van der Waals surface area (Å²) in [4.78, 5) is 6.56. The molecule has 0 spiro atoms. The normalized spacial score (nSPS) is 17.5. The Morgan fingerprint density at radius 3 is 2.51 bits per heavy atom. The molecule has 0 saturated carbocycles. The third-order valence-corrected chi connectivity index (χ3v) is 6.96. The van der Waals surface area contributed by atoms with Gasteiger partial charge in [0.25, 0.3) is 0 Å². The van der Waals surface area contributed by atoms with Gasteiger partial charge in [0, 0.05) is 28.3 Å². The zero-order valence-electron chi connectivity index (χ0n) is 19.6. The van der Waals surface area contributed by atoms with Crippen LogP contribution in [0.2, 0.25) is 5.02 Å². The Labute approximate surface area is 214 Å². The number of benzene rings is 2. The molecule has 1 aliphatic heterocycles. The van der Waals surface area contributed by atoms with Crippen LogP contribution < -0.4 is 15.0 Å². The Bertz CT molecular complexity index is 1390. The highest BCUT2D eigenvalue weighted by molar-refractivity contribution is 7.80. The summed E-state index contributed by atoms with van der Waals surface area (Å²) in [6, 6.07) is 20.5. The number of halogens is 1. The number of aryl methyl sites for hydroxylation is 1. The van der Waals surface area contributed by atoms with Crippen LogP contribution in [0, 0.1) is 13.8 Å². The molecule has 1 aliphatic rings. The third-order valence-electron chi connectivity index (χ3n) is 6.41. The number of aromatic hydroxyl groups is 1. The first kappa shape index (κ1) is 23.2. The number of ether oxygens (including phenoxy) is 1. The van der Waals surface area contributed by atoms with E-state index < -0.39 is 0 Å². The van der Waals surface area contributed by atoms with Crippen LogP contribution in [0.4, 0.5) is 5.69 Å². The average Bonchev–Trinajstić information content (AvgIpc) is 3.36. The highest BCUT2D eigenvalue weighted by Crippen LogP contribution is 2.46. The van der Waals surface area contributed by atoms with Crippen molar-refractivity contribution < 1.29 is 9.84 Å². The largest absolute Gasteiger partial charge is 0.506 e. The number of rotatable bonds is 5. The van der Waals surface area contributed by atoms with Gasteiger partial charge in [0.1, 0.15) is 11.5 Å². The molecule has 2 unspecified atom stereocenters. The Morgan fingerprint density at radius 2 is 1.83 bits per heavy atom. The fourth-order valence-electron chi connectivity index (χ4n) is 4.84. The van der Waals surface area contributed by atoms with Crippen molar-refractivity contribution in [3.8, 4) is 17.2 Å². The maximum atomic E-state index is 10.8. The predicted molar refractivity (Wildman–Crippen MR) is 143 cm³/mol. The van der Waals surface area contributed by atoms with E-state index in [1.807, 2.05) is 47.4 Å². The van der Waals surface area contributed by atoms with Gasteiger partial charge >= 0.3 is 0 Å². The quantitative estimate of drug-likeness (QED) is 0.323. The lowest BCUT2D eigenvalue weighted by molar-refractivity contribution is 0.414. The van der Waals surface area contributed by atoms with Crippen LogP contribution in [0.1, 0.15) is 34.7 Å². The van der Waals surface area contributed by atoms with E-state index in [-0.39, 0.29) is 17.8 Å². The zero-order valence-corrected chi connectivity index (χ0v) is 21.1. The van der Waals surface area contributed by atoms with E-state index in [1.54, 1.807) is 31.5 Å². The highest BCUT2D eigenvalue weighted by Gasteiger charge is 2.43. The molecule has 178 valence electrons. The lowest BCUT2D eigenvalue weighted by Crippen LogP contribution is -2.29. The van der Waals surface area contributed by atoms with Gasteiger partial charge in [0.15, 0.2) is 5.11 Å². The summed E-state index contributed by atoms with van der Waals surface area (Å²) in [5.74, 6) is 0.911. The molecule has 1 saturated heterocycles. The number of nitrogens with one attached hydrogen (secondary N) is 1. The molecule has 2 N–H and O–H groups in total. The second-order valence-electron chi connectivity index (χ2n) is 8.49. The maximum Gasteiger partial charge on any atom is 0.174 e. The van der Waals surface area contributed by atoms with Crippen molar-refractivity contribution in [1.29, 1.82) is 0 Å². The summed E-state index contributed by atoms with van der Waals surface area (Å²) in [5, 5.41) is 15.2. The monoisotopic (exact) mass is 504 g/mol. The average molecular weight is 505 g/mol. The molecule has 3 heterocycles. The van der Waals surface area contributed by atoms with E-state index in [0.29, 0.717) is 15.8 Å². The van der Waals surface area contributed by atoms with Crippen LogP contribution >= 0.6 is 23.8 Å². The number of pyridine rings is 1. The fraction of sp³-hybridized carbons (Fsp3) is 0.185. The van der Waals surface area contributed by atoms with Crippen LogP contribution in [0.3, 0.4) is 0 Å². The van der Waals surface area contributed by atoms with E-state index >= 15 is 0 Å². The van der Waals surface area contributed by atoms with E-state index in [1.165, 1.54) is 0 Å². The zero-order chi connectivity index (χ0) is 24.7. The molecule has 6 nitrogen and oxygen atoms in total.